The molecule has 2 saturated heterocycles. The second-order valence-corrected chi connectivity index (χ2v) is 11.1. The zero-order chi connectivity index (χ0) is 24.3. The summed E-state index contributed by atoms with van der Waals surface area (Å²) in [6, 6.07) is 5.84. The fourth-order valence-corrected chi connectivity index (χ4v) is 5.65. The molecule has 8 nitrogen and oxygen atoms in total. The number of nitrogens with one attached hydrogen (secondary N) is 1. The molecule has 1 aliphatic carbocycles. The number of aliphatic hydroxyl groups excluding tert-OH is 1. The van der Waals surface area contributed by atoms with Crippen LogP contribution in [0.3, 0.4) is 0 Å². The number of rotatable bonds is 5. The summed E-state index contributed by atoms with van der Waals surface area (Å²) in [6.07, 6.45) is 1.94. The summed E-state index contributed by atoms with van der Waals surface area (Å²) in [5.74, 6) is 0.201. The number of halogens is 1. The number of carbonyl (C=O) groups excluding carboxylic acids is 1. The van der Waals surface area contributed by atoms with E-state index in [1.54, 1.807) is 20.0 Å². The van der Waals surface area contributed by atoms with Crippen LogP contribution in [0, 0.1) is 11.8 Å². The van der Waals surface area contributed by atoms with Gasteiger partial charge < -0.3 is 25.2 Å². The van der Waals surface area contributed by atoms with E-state index in [-0.39, 0.29) is 23.3 Å². The SMILES string of the molecule is CC(C)(O)C1CC1C(=O)Nc1cc2cc(N3CCN(C4(C)COCC4O)CC3)c(Cl)cc2cn1. The molecular weight excluding hydrogens is 456 g/mol. The van der Waals surface area contributed by atoms with Gasteiger partial charge in [-0.2, -0.15) is 0 Å². The van der Waals surface area contributed by atoms with Gasteiger partial charge in [-0.25, -0.2) is 4.98 Å². The molecule has 184 valence electrons. The summed E-state index contributed by atoms with van der Waals surface area (Å²) in [5, 5.41) is 25.9. The average Bonchev–Trinajstić information content (AvgIpc) is 3.54. The maximum Gasteiger partial charge on any atom is 0.229 e. The number of benzene rings is 1. The van der Waals surface area contributed by atoms with E-state index in [9.17, 15) is 15.0 Å². The molecule has 1 amide bonds. The van der Waals surface area contributed by atoms with Crippen LogP contribution in [0.1, 0.15) is 27.2 Å². The molecule has 3 fully saturated rings. The highest BCUT2D eigenvalue weighted by Crippen LogP contribution is 2.46. The van der Waals surface area contributed by atoms with E-state index in [0.29, 0.717) is 30.5 Å². The zero-order valence-corrected chi connectivity index (χ0v) is 20.7. The van der Waals surface area contributed by atoms with Crippen LogP contribution in [0.25, 0.3) is 10.8 Å². The van der Waals surface area contributed by atoms with Gasteiger partial charge in [0.25, 0.3) is 0 Å². The summed E-state index contributed by atoms with van der Waals surface area (Å²) in [7, 11) is 0. The Morgan fingerprint density at radius 3 is 2.59 bits per heavy atom. The molecule has 3 N–H and O–H groups in total. The molecule has 2 aromatic rings. The number of fused-ring (bicyclic) bond motifs is 1. The fourth-order valence-electron chi connectivity index (χ4n) is 5.36. The number of hydrogen-bond donors (Lipinski definition) is 3. The van der Waals surface area contributed by atoms with Crippen molar-refractivity contribution in [3.63, 3.8) is 0 Å². The topological polar surface area (TPSA) is 98.2 Å². The molecule has 0 spiro atoms. The summed E-state index contributed by atoms with van der Waals surface area (Å²) in [6.45, 7) is 9.70. The molecule has 1 aromatic carbocycles. The van der Waals surface area contributed by atoms with Crippen molar-refractivity contribution in [2.24, 2.45) is 11.8 Å². The van der Waals surface area contributed by atoms with E-state index in [2.05, 4.69) is 33.1 Å². The number of nitrogens with zero attached hydrogens (tertiary/aromatic N) is 3. The minimum Gasteiger partial charge on any atom is -0.390 e. The van der Waals surface area contributed by atoms with Gasteiger partial charge in [0.2, 0.25) is 5.91 Å². The lowest BCUT2D eigenvalue weighted by Gasteiger charge is -2.45. The van der Waals surface area contributed by atoms with Crippen molar-refractivity contribution < 1.29 is 19.7 Å². The quantitative estimate of drug-likeness (QED) is 0.594. The van der Waals surface area contributed by atoms with Gasteiger partial charge in [0, 0.05) is 43.7 Å². The van der Waals surface area contributed by atoms with Gasteiger partial charge in [-0.1, -0.05) is 11.6 Å². The largest absolute Gasteiger partial charge is 0.390 e. The third-order valence-electron chi connectivity index (χ3n) is 7.80. The van der Waals surface area contributed by atoms with E-state index in [0.717, 1.165) is 42.6 Å². The first-order valence-corrected chi connectivity index (χ1v) is 12.3. The van der Waals surface area contributed by atoms with Crippen LogP contribution in [0.4, 0.5) is 11.5 Å². The predicted molar refractivity (Wildman–Crippen MR) is 132 cm³/mol. The fraction of sp³-hybridized carbons (Fsp3) is 0.600. The molecule has 3 aliphatic rings. The Balaban J connectivity index is 1.29. The second-order valence-electron chi connectivity index (χ2n) is 10.7. The van der Waals surface area contributed by atoms with Crippen molar-refractivity contribution in [3.8, 4) is 0 Å². The third-order valence-corrected chi connectivity index (χ3v) is 8.11. The lowest BCUT2D eigenvalue weighted by molar-refractivity contribution is -0.118. The van der Waals surface area contributed by atoms with Gasteiger partial charge in [0.1, 0.15) is 5.82 Å². The van der Waals surface area contributed by atoms with E-state index < -0.39 is 11.7 Å². The van der Waals surface area contributed by atoms with Crippen molar-refractivity contribution in [1.82, 2.24) is 9.88 Å². The Bertz CT molecular complexity index is 1100. The first-order chi connectivity index (χ1) is 16.1. The highest BCUT2D eigenvalue weighted by Gasteiger charge is 2.51. The molecule has 1 aromatic heterocycles. The van der Waals surface area contributed by atoms with Crippen LogP contribution in [-0.2, 0) is 9.53 Å². The molecule has 2 aliphatic heterocycles. The van der Waals surface area contributed by atoms with Gasteiger partial charge in [0.15, 0.2) is 0 Å². The first-order valence-electron chi connectivity index (χ1n) is 11.9. The molecule has 4 unspecified atom stereocenters. The maximum atomic E-state index is 12.6. The van der Waals surface area contributed by atoms with Crippen molar-refractivity contribution in [1.29, 1.82) is 0 Å². The molecule has 5 rings (SSSR count). The van der Waals surface area contributed by atoms with Crippen LogP contribution >= 0.6 is 11.6 Å². The Morgan fingerprint density at radius 1 is 1.24 bits per heavy atom. The monoisotopic (exact) mass is 488 g/mol. The van der Waals surface area contributed by atoms with Crippen molar-refractivity contribution in [2.75, 3.05) is 49.6 Å². The Kier molecular flexibility index (Phi) is 6.01. The summed E-state index contributed by atoms with van der Waals surface area (Å²) >= 11 is 6.65. The lowest BCUT2D eigenvalue weighted by Crippen LogP contribution is -2.60. The van der Waals surface area contributed by atoms with Gasteiger partial charge in [-0.15, -0.1) is 0 Å². The number of amides is 1. The summed E-state index contributed by atoms with van der Waals surface area (Å²) in [5.41, 5.74) is -0.242. The minimum atomic E-state index is -0.852. The second kappa shape index (κ2) is 8.60. The Labute approximate surface area is 204 Å². The van der Waals surface area contributed by atoms with E-state index in [1.165, 1.54) is 0 Å². The number of aromatic nitrogens is 1. The number of pyridine rings is 1. The number of aliphatic hydroxyl groups is 2. The normalized spacial score (nSPS) is 30.1. The minimum absolute atomic E-state index is 0.0174. The van der Waals surface area contributed by atoms with E-state index in [1.807, 2.05) is 12.1 Å². The number of anilines is 2. The molecule has 3 heterocycles. The molecule has 9 heteroatoms. The molecule has 1 saturated carbocycles. The van der Waals surface area contributed by atoms with Crippen molar-refractivity contribution in [3.05, 3.63) is 29.4 Å². The summed E-state index contributed by atoms with van der Waals surface area (Å²) in [4.78, 5) is 21.6. The Morgan fingerprint density at radius 2 is 1.97 bits per heavy atom. The van der Waals surface area contributed by atoms with Gasteiger partial charge in [-0.3, -0.25) is 9.69 Å². The van der Waals surface area contributed by atoms with Gasteiger partial charge in [0.05, 0.1) is 41.2 Å². The number of ether oxygens (including phenoxy) is 1. The molecule has 34 heavy (non-hydrogen) atoms. The lowest BCUT2D eigenvalue weighted by atomic mass is 9.95. The number of piperazine rings is 1. The predicted octanol–water partition coefficient (Wildman–Crippen LogP) is 2.51. The maximum absolute atomic E-state index is 12.6. The summed E-state index contributed by atoms with van der Waals surface area (Å²) < 4.78 is 5.51. The smallest absolute Gasteiger partial charge is 0.229 e. The highest BCUT2D eigenvalue weighted by atomic mass is 35.5. The standard InChI is InChI=1S/C25H33ClN4O4/c1-24(2,33)18-11-17(18)23(32)28-22-10-15-9-20(19(26)8-16(15)12-27-22)29-4-6-30(7-5-29)25(3)14-34-13-21(25)31/h8-10,12,17-18,21,31,33H,4-7,11,13-14H2,1-3H3,(H,27,28,32). The van der Waals surface area contributed by atoms with Crippen LogP contribution in [-0.4, -0.2) is 82.6 Å². The van der Waals surface area contributed by atoms with Crippen LogP contribution < -0.4 is 10.2 Å². The van der Waals surface area contributed by atoms with Crippen molar-refractivity contribution in [2.45, 2.75) is 44.4 Å². The molecule has 4 atom stereocenters. The van der Waals surface area contributed by atoms with E-state index >= 15 is 0 Å². The van der Waals surface area contributed by atoms with E-state index in [4.69, 9.17) is 16.3 Å². The van der Waals surface area contributed by atoms with Gasteiger partial charge >= 0.3 is 0 Å². The third kappa shape index (κ3) is 4.38. The zero-order valence-electron chi connectivity index (χ0n) is 19.9. The first kappa shape index (κ1) is 23.8. The number of carbonyl (C=O) groups is 1. The molecular formula is C25H33ClN4O4. The van der Waals surface area contributed by atoms with Crippen LogP contribution in [0.15, 0.2) is 24.4 Å². The average molecular weight is 489 g/mol. The van der Waals surface area contributed by atoms with Crippen molar-refractivity contribution >= 4 is 39.8 Å². The Hall–Kier alpha value is -1.97. The van der Waals surface area contributed by atoms with Crippen LogP contribution in [0.2, 0.25) is 5.02 Å². The molecule has 0 radical (unpaired) electrons. The highest BCUT2D eigenvalue weighted by molar-refractivity contribution is 6.34. The molecule has 0 bridgehead atoms. The van der Waals surface area contributed by atoms with Gasteiger partial charge in [-0.05, 0) is 56.7 Å². The van der Waals surface area contributed by atoms with Crippen LogP contribution in [0.5, 0.6) is 0 Å². The number of hydrogen-bond acceptors (Lipinski definition) is 7.